The Morgan fingerprint density at radius 1 is 1.13 bits per heavy atom. The number of nitrogens with zero attached hydrogens (tertiary/aromatic N) is 3. The number of aromatic nitrogens is 1. The SMILES string of the molecule is CCC[C@H](NC(=O)[C@@H]1C[C@]2(CC(c3cccc(Cl)c3)=NO2)CN1C(=O)CCn1c(=O)oc2ccccc21)C(=O)C(=O)NC1CC1. The number of Topliss-reactive ketones (excluding diaryl/α,β-unsaturated/α-hetero) is 1. The number of likely N-dealkylation sites (tertiary alicyclic amines) is 1. The van der Waals surface area contributed by atoms with Crippen LogP contribution in [-0.4, -0.2) is 69.0 Å². The largest absolute Gasteiger partial charge is 0.419 e. The molecule has 2 aromatic carbocycles. The van der Waals surface area contributed by atoms with Crippen LogP contribution in [0, 0.1) is 0 Å². The number of oxazole rings is 1. The van der Waals surface area contributed by atoms with Crippen molar-refractivity contribution in [2.75, 3.05) is 6.54 Å². The second-order valence-electron chi connectivity index (χ2n) is 11.9. The Labute approximate surface area is 263 Å². The molecule has 1 spiro atoms. The zero-order valence-electron chi connectivity index (χ0n) is 24.8. The lowest BCUT2D eigenvalue weighted by Gasteiger charge is -2.26. The van der Waals surface area contributed by atoms with E-state index in [4.69, 9.17) is 20.9 Å². The Hall–Kier alpha value is -4.45. The quantitative estimate of drug-likeness (QED) is 0.307. The molecule has 12 nitrogen and oxygen atoms in total. The lowest BCUT2D eigenvalue weighted by Crippen LogP contribution is -2.53. The second-order valence-corrected chi connectivity index (χ2v) is 12.4. The van der Waals surface area contributed by atoms with Gasteiger partial charge < -0.3 is 24.8 Å². The van der Waals surface area contributed by atoms with Crippen molar-refractivity contribution < 1.29 is 28.4 Å². The minimum Gasteiger partial charge on any atom is -0.408 e. The average Bonchev–Trinajstić information content (AvgIpc) is 3.48. The van der Waals surface area contributed by atoms with Gasteiger partial charge in [0.15, 0.2) is 11.2 Å². The van der Waals surface area contributed by atoms with E-state index >= 15 is 0 Å². The molecule has 0 radical (unpaired) electrons. The molecule has 2 fully saturated rings. The average molecular weight is 636 g/mol. The van der Waals surface area contributed by atoms with Crippen molar-refractivity contribution >= 4 is 51.9 Å². The molecule has 3 aromatic rings. The van der Waals surface area contributed by atoms with Gasteiger partial charge in [-0.2, -0.15) is 0 Å². The summed E-state index contributed by atoms with van der Waals surface area (Å²) in [5, 5.41) is 10.3. The van der Waals surface area contributed by atoms with Gasteiger partial charge in [-0.3, -0.25) is 23.7 Å². The summed E-state index contributed by atoms with van der Waals surface area (Å²) >= 11 is 6.19. The number of oxime groups is 1. The molecule has 1 aromatic heterocycles. The van der Waals surface area contributed by atoms with Crippen molar-refractivity contribution in [1.82, 2.24) is 20.1 Å². The zero-order valence-corrected chi connectivity index (χ0v) is 25.5. The minimum atomic E-state index is -1.03. The molecule has 45 heavy (non-hydrogen) atoms. The number of hydrogen-bond acceptors (Lipinski definition) is 8. The summed E-state index contributed by atoms with van der Waals surface area (Å²) in [7, 11) is 0. The van der Waals surface area contributed by atoms with E-state index in [1.807, 2.05) is 13.0 Å². The van der Waals surface area contributed by atoms with E-state index in [0.717, 1.165) is 18.4 Å². The van der Waals surface area contributed by atoms with Gasteiger partial charge in [-0.15, -0.1) is 0 Å². The van der Waals surface area contributed by atoms with E-state index in [1.165, 1.54) is 9.47 Å². The molecule has 0 bridgehead atoms. The van der Waals surface area contributed by atoms with Crippen molar-refractivity contribution in [2.45, 2.75) is 82.1 Å². The molecule has 3 aliphatic rings. The molecule has 3 heterocycles. The summed E-state index contributed by atoms with van der Waals surface area (Å²) in [5.41, 5.74) is 1.40. The molecule has 3 atom stereocenters. The number of para-hydroxylation sites is 2. The fraction of sp³-hybridized carbons (Fsp3) is 0.438. The first-order chi connectivity index (χ1) is 21.7. The standard InChI is InChI=1S/C32H34ClN5O7/c1-2-6-22(28(40)30(42)34-21-11-12-21)35-29(41)25-17-32(16-23(36-45-32)19-7-5-8-20(33)15-19)18-38(25)27(39)13-14-37-24-9-3-4-10-26(24)44-31(37)43/h3-5,7-10,15,21-22,25H,2,6,11-14,16-18H2,1H3,(H,34,42)(H,35,41)/t22-,25-,32+/m0/s1. The molecule has 0 unspecified atom stereocenters. The van der Waals surface area contributed by atoms with Crippen molar-refractivity contribution in [3.8, 4) is 0 Å². The van der Waals surface area contributed by atoms with Crippen LogP contribution in [0.4, 0.5) is 0 Å². The second kappa shape index (κ2) is 12.5. The Balaban J connectivity index is 1.22. The third-order valence-corrected chi connectivity index (χ3v) is 8.72. The first-order valence-electron chi connectivity index (χ1n) is 15.2. The predicted octanol–water partition coefficient (Wildman–Crippen LogP) is 2.93. The van der Waals surface area contributed by atoms with Gasteiger partial charge in [0.25, 0.3) is 5.91 Å². The van der Waals surface area contributed by atoms with Gasteiger partial charge in [-0.25, -0.2) is 4.79 Å². The highest BCUT2D eigenvalue weighted by Gasteiger charge is 2.54. The fourth-order valence-corrected chi connectivity index (χ4v) is 6.22. The Kier molecular flexibility index (Phi) is 8.50. The van der Waals surface area contributed by atoms with Crippen LogP contribution in [0.3, 0.4) is 0 Å². The van der Waals surface area contributed by atoms with Crippen LogP contribution in [0.5, 0.6) is 0 Å². The van der Waals surface area contributed by atoms with Crippen LogP contribution in [0.25, 0.3) is 11.1 Å². The van der Waals surface area contributed by atoms with Crippen LogP contribution < -0.4 is 16.4 Å². The maximum Gasteiger partial charge on any atom is 0.419 e. The number of fused-ring (bicyclic) bond motifs is 1. The third kappa shape index (κ3) is 6.51. The third-order valence-electron chi connectivity index (χ3n) is 8.49. The van der Waals surface area contributed by atoms with E-state index in [0.29, 0.717) is 34.7 Å². The molecule has 1 aliphatic carbocycles. The van der Waals surface area contributed by atoms with Crippen molar-refractivity contribution in [2.24, 2.45) is 5.16 Å². The summed E-state index contributed by atoms with van der Waals surface area (Å²) < 4.78 is 6.68. The summed E-state index contributed by atoms with van der Waals surface area (Å²) in [6.45, 7) is 1.96. The van der Waals surface area contributed by atoms with Crippen LogP contribution in [0.1, 0.15) is 57.4 Å². The van der Waals surface area contributed by atoms with Crippen LogP contribution >= 0.6 is 11.6 Å². The lowest BCUT2D eigenvalue weighted by molar-refractivity contribution is -0.142. The van der Waals surface area contributed by atoms with E-state index in [1.54, 1.807) is 42.5 Å². The number of nitrogens with one attached hydrogen (secondary N) is 2. The maximum absolute atomic E-state index is 13.8. The number of aryl methyl sites for hydroxylation is 1. The van der Waals surface area contributed by atoms with Crippen LogP contribution in [0.15, 0.2) is 62.9 Å². The van der Waals surface area contributed by atoms with Crippen molar-refractivity contribution in [3.05, 3.63) is 69.7 Å². The number of carbonyl (C=O) groups is 4. The van der Waals surface area contributed by atoms with E-state index < -0.39 is 41.0 Å². The first-order valence-corrected chi connectivity index (χ1v) is 15.6. The highest BCUT2D eigenvalue weighted by molar-refractivity contribution is 6.38. The molecule has 1 saturated heterocycles. The van der Waals surface area contributed by atoms with Crippen LogP contribution in [0.2, 0.25) is 5.02 Å². The van der Waals surface area contributed by atoms with Crippen LogP contribution in [-0.2, 0) is 30.6 Å². The number of carbonyl (C=O) groups excluding carboxylic acids is 4. The molecule has 2 aliphatic heterocycles. The van der Waals surface area contributed by atoms with E-state index in [-0.39, 0.29) is 44.3 Å². The zero-order chi connectivity index (χ0) is 31.7. The molecular formula is C32H34ClN5O7. The van der Waals surface area contributed by atoms with Gasteiger partial charge in [0, 0.05) is 42.4 Å². The monoisotopic (exact) mass is 635 g/mol. The number of rotatable bonds is 11. The van der Waals surface area contributed by atoms with Crippen molar-refractivity contribution in [1.29, 1.82) is 0 Å². The summed E-state index contributed by atoms with van der Waals surface area (Å²) in [6.07, 6.45) is 2.83. The summed E-state index contributed by atoms with van der Waals surface area (Å²) in [6, 6.07) is 12.1. The highest BCUT2D eigenvalue weighted by Crippen LogP contribution is 2.39. The number of ketones is 1. The molecule has 1 saturated carbocycles. The highest BCUT2D eigenvalue weighted by atomic mass is 35.5. The van der Waals surface area contributed by atoms with Crippen molar-refractivity contribution in [3.63, 3.8) is 0 Å². The first kappa shape index (κ1) is 30.6. The molecule has 6 rings (SSSR count). The smallest absolute Gasteiger partial charge is 0.408 e. The van der Waals surface area contributed by atoms with E-state index in [2.05, 4.69) is 15.8 Å². The molecule has 2 N–H and O–H groups in total. The summed E-state index contributed by atoms with van der Waals surface area (Å²) in [5.74, 6) is -2.95. The normalized spacial score (nSPS) is 21.4. The molecule has 3 amide bonds. The molecule has 236 valence electrons. The van der Waals surface area contributed by atoms with E-state index in [9.17, 15) is 24.0 Å². The number of hydrogen-bond donors (Lipinski definition) is 2. The predicted molar refractivity (Wildman–Crippen MR) is 165 cm³/mol. The Morgan fingerprint density at radius 2 is 1.93 bits per heavy atom. The minimum absolute atomic E-state index is 0.00436. The van der Waals surface area contributed by atoms with Gasteiger partial charge in [-0.05, 0) is 43.5 Å². The lowest BCUT2D eigenvalue weighted by atomic mass is 9.91. The van der Waals surface area contributed by atoms with Gasteiger partial charge >= 0.3 is 5.76 Å². The maximum atomic E-state index is 13.8. The summed E-state index contributed by atoms with van der Waals surface area (Å²) in [4.78, 5) is 73.1. The topological polar surface area (TPSA) is 152 Å². The Bertz CT molecular complexity index is 1740. The number of halogens is 1. The van der Waals surface area contributed by atoms with Gasteiger partial charge in [0.1, 0.15) is 6.04 Å². The van der Waals surface area contributed by atoms with Gasteiger partial charge in [-0.1, -0.05) is 54.4 Å². The number of benzene rings is 2. The molecule has 13 heteroatoms. The molecular weight excluding hydrogens is 602 g/mol. The number of amides is 3. The van der Waals surface area contributed by atoms with Gasteiger partial charge in [0.05, 0.1) is 23.8 Å². The van der Waals surface area contributed by atoms with Gasteiger partial charge in [0.2, 0.25) is 17.6 Å². The Morgan fingerprint density at radius 3 is 2.69 bits per heavy atom. The fourth-order valence-electron chi connectivity index (χ4n) is 6.03.